The van der Waals surface area contributed by atoms with Crippen LogP contribution in [0.25, 0.3) is 11.4 Å². The molecule has 3 aromatic rings. The maximum absolute atomic E-state index is 13.1. The van der Waals surface area contributed by atoms with E-state index in [4.69, 9.17) is 4.52 Å². The largest absolute Gasteiger partial charge is 0.350 e. The van der Waals surface area contributed by atoms with Crippen molar-refractivity contribution in [3.63, 3.8) is 0 Å². The average molecular weight is 462 g/mol. The van der Waals surface area contributed by atoms with Gasteiger partial charge in [0.1, 0.15) is 0 Å². The molecule has 2 amide bonds. The number of benzene rings is 2. The van der Waals surface area contributed by atoms with Crippen molar-refractivity contribution in [1.82, 2.24) is 20.4 Å². The fraction of sp³-hybridized carbons (Fsp3) is 0.385. The van der Waals surface area contributed by atoms with E-state index in [0.29, 0.717) is 36.1 Å². The van der Waals surface area contributed by atoms with Crippen molar-refractivity contribution in [1.29, 1.82) is 0 Å². The van der Waals surface area contributed by atoms with Crippen molar-refractivity contribution in [2.24, 2.45) is 5.92 Å². The first kappa shape index (κ1) is 23.6. The summed E-state index contributed by atoms with van der Waals surface area (Å²) in [6, 6.07) is 16.9. The maximum Gasteiger partial charge on any atom is 0.253 e. The van der Waals surface area contributed by atoms with Gasteiger partial charge >= 0.3 is 0 Å². The summed E-state index contributed by atoms with van der Waals surface area (Å²) in [6.07, 6.45) is 2.53. The van der Waals surface area contributed by atoms with Gasteiger partial charge in [0, 0.05) is 18.2 Å². The third-order valence-electron chi connectivity index (χ3n) is 6.15. The van der Waals surface area contributed by atoms with Crippen LogP contribution in [0.15, 0.2) is 59.1 Å². The minimum absolute atomic E-state index is 0.0651. The van der Waals surface area contributed by atoms with Crippen LogP contribution in [-0.4, -0.2) is 46.0 Å². The summed E-state index contributed by atoms with van der Waals surface area (Å²) in [5, 5.41) is 10.0. The molecular formula is C26H31N5O3. The highest BCUT2D eigenvalue weighted by molar-refractivity contribution is 6.04. The number of hydrogen-bond acceptors (Lipinski definition) is 6. The molecule has 0 spiro atoms. The lowest BCUT2D eigenvalue weighted by Crippen LogP contribution is -2.40. The number of hydrogen-bond donors (Lipinski definition) is 2. The minimum Gasteiger partial charge on any atom is -0.350 e. The van der Waals surface area contributed by atoms with Crippen molar-refractivity contribution in [3.05, 3.63) is 66.1 Å². The normalized spacial score (nSPS) is 17.2. The molecule has 178 valence electrons. The molecule has 2 aromatic carbocycles. The van der Waals surface area contributed by atoms with Crippen LogP contribution < -0.4 is 10.6 Å². The van der Waals surface area contributed by atoms with Gasteiger partial charge in [-0.15, -0.1) is 0 Å². The summed E-state index contributed by atoms with van der Waals surface area (Å²) in [7, 11) is 0. The summed E-state index contributed by atoms with van der Waals surface area (Å²) in [5.74, 6) is 0.655. The summed E-state index contributed by atoms with van der Waals surface area (Å²) < 4.78 is 5.45. The van der Waals surface area contributed by atoms with Crippen molar-refractivity contribution in [3.8, 4) is 11.4 Å². The molecular weight excluding hydrogens is 430 g/mol. The lowest BCUT2D eigenvalue weighted by atomic mass is 9.96. The number of para-hydroxylation sites is 1. The Balaban J connectivity index is 1.37. The summed E-state index contributed by atoms with van der Waals surface area (Å²) in [4.78, 5) is 32.4. The predicted molar refractivity (Wildman–Crippen MR) is 130 cm³/mol. The highest BCUT2D eigenvalue weighted by atomic mass is 16.5. The topological polar surface area (TPSA) is 100 Å². The van der Waals surface area contributed by atoms with Gasteiger partial charge in [0.05, 0.1) is 23.7 Å². The average Bonchev–Trinajstić information content (AvgIpc) is 3.33. The number of likely N-dealkylation sites (tertiary alicyclic amines) is 1. The van der Waals surface area contributed by atoms with Crippen LogP contribution in [0.5, 0.6) is 0 Å². The molecule has 0 bridgehead atoms. The standard InChI is InChI=1S/C26H31N5O3/c1-3-18(2)27-26(33)21-13-7-8-14-22(21)28-25(32)20-12-9-15-31(16-20)17-23-29-24(30-34-23)19-10-5-4-6-11-19/h4-8,10-11,13-14,18,20H,3,9,12,15-17H2,1-2H3,(H,27,33)(H,28,32). The Hall–Kier alpha value is -3.52. The van der Waals surface area contributed by atoms with Gasteiger partial charge < -0.3 is 15.2 Å². The molecule has 4 rings (SSSR count). The van der Waals surface area contributed by atoms with E-state index in [-0.39, 0.29) is 23.8 Å². The number of carbonyl (C=O) groups is 2. The summed E-state index contributed by atoms with van der Waals surface area (Å²) in [6.45, 7) is 5.93. The first-order valence-corrected chi connectivity index (χ1v) is 11.8. The van der Waals surface area contributed by atoms with Gasteiger partial charge in [-0.05, 0) is 44.9 Å². The molecule has 2 unspecified atom stereocenters. The molecule has 0 saturated carbocycles. The lowest BCUT2D eigenvalue weighted by Gasteiger charge is -2.31. The smallest absolute Gasteiger partial charge is 0.253 e. The number of piperidine rings is 1. The van der Waals surface area contributed by atoms with E-state index in [1.54, 1.807) is 18.2 Å². The van der Waals surface area contributed by atoms with E-state index in [1.165, 1.54) is 0 Å². The van der Waals surface area contributed by atoms with E-state index in [2.05, 4.69) is 25.7 Å². The highest BCUT2D eigenvalue weighted by Gasteiger charge is 2.28. The number of nitrogens with zero attached hydrogens (tertiary/aromatic N) is 3. The molecule has 8 nitrogen and oxygen atoms in total. The fourth-order valence-corrected chi connectivity index (χ4v) is 4.06. The molecule has 1 aliphatic heterocycles. The Kier molecular flexibility index (Phi) is 7.69. The van der Waals surface area contributed by atoms with Crippen LogP contribution >= 0.6 is 0 Å². The molecule has 8 heteroatoms. The van der Waals surface area contributed by atoms with Gasteiger partial charge in [-0.3, -0.25) is 14.5 Å². The Bertz CT molecular complexity index is 1110. The molecule has 1 saturated heterocycles. The van der Waals surface area contributed by atoms with Gasteiger partial charge in [-0.25, -0.2) is 0 Å². The monoisotopic (exact) mass is 461 g/mol. The Morgan fingerprint density at radius 3 is 2.71 bits per heavy atom. The zero-order valence-electron chi connectivity index (χ0n) is 19.7. The number of anilines is 1. The van der Waals surface area contributed by atoms with Crippen molar-refractivity contribution in [2.45, 2.75) is 45.7 Å². The quantitative estimate of drug-likeness (QED) is 0.524. The molecule has 1 fully saturated rings. The first-order chi connectivity index (χ1) is 16.5. The van der Waals surface area contributed by atoms with Gasteiger partial charge in [-0.2, -0.15) is 4.98 Å². The molecule has 2 heterocycles. The van der Waals surface area contributed by atoms with Crippen LogP contribution in [0, 0.1) is 5.92 Å². The number of carbonyl (C=O) groups excluding carboxylic acids is 2. The Morgan fingerprint density at radius 1 is 1.15 bits per heavy atom. The van der Waals surface area contributed by atoms with Gasteiger partial charge in [0.15, 0.2) is 0 Å². The molecule has 34 heavy (non-hydrogen) atoms. The van der Waals surface area contributed by atoms with Gasteiger partial charge in [0.25, 0.3) is 5.91 Å². The first-order valence-electron chi connectivity index (χ1n) is 11.8. The maximum atomic E-state index is 13.1. The molecule has 1 aromatic heterocycles. The van der Waals surface area contributed by atoms with Gasteiger partial charge in [0.2, 0.25) is 17.6 Å². The second-order valence-electron chi connectivity index (χ2n) is 8.77. The molecule has 0 radical (unpaired) electrons. The van der Waals surface area contributed by atoms with E-state index < -0.39 is 0 Å². The summed E-state index contributed by atoms with van der Waals surface area (Å²) in [5.41, 5.74) is 1.92. The van der Waals surface area contributed by atoms with Gasteiger partial charge in [-0.1, -0.05) is 54.5 Å². The van der Waals surface area contributed by atoms with E-state index in [0.717, 1.165) is 31.4 Å². The molecule has 1 aliphatic rings. The second-order valence-corrected chi connectivity index (χ2v) is 8.77. The Morgan fingerprint density at radius 2 is 1.91 bits per heavy atom. The predicted octanol–water partition coefficient (Wildman–Crippen LogP) is 4.12. The van der Waals surface area contributed by atoms with Crippen LogP contribution in [0.2, 0.25) is 0 Å². The minimum atomic E-state index is -0.184. The van der Waals surface area contributed by atoms with Crippen LogP contribution in [0.1, 0.15) is 49.4 Å². The second kappa shape index (κ2) is 11.1. The van der Waals surface area contributed by atoms with Crippen LogP contribution in [-0.2, 0) is 11.3 Å². The number of amides is 2. The van der Waals surface area contributed by atoms with Crippen molar-refractivity contribution >= 4 is 17.5 Å². The molecule has 2 atom stereocenters. The Labute approximate surface area is 199 Å². The number of aromatic nitrogens is 2. The van der Waals surface area contributed by atoms with Crippen LogP contribution in [0.4, 0.5) is 5.69 Å². The van der Waals surface area contributed by atoms with E-state index >= 15 is 0 Å². The third-order valence-corrected chi connectivity index (χ3v) is 6.15. The zero-order valence-corrected chi connectivity index (χ0v) is 19.7. The number of rotatable bonds is 8. The third kappa shape index (κ3) is 5.88. The molecule has 0 aliphatic carbocycles. The summed E-state index contributed by atoms with van der Waals surface area (Å²) >= 11 is 0. The van der Waals surface area contributed by atoms with E-state index in [1.807, 2.05) is 50.2 Å². The van der Waals surface area contributed by atoms with Crippen molar-refractivity contribution < 1.29 is 14.1 Å². The fourth-order valence-electron chi connectivity index (χ4n) is 4.06. The molecule has 2 N–H and O–H groups in total. The number of nitrogens with one attached hydrogen (secondary N) is 2. The van der Waals surface area contributed by atoms with Crippen molar-refractivity contribution in [2.75, 3.05) is 18.4 Å². The lowest BCUT2D eigenvalue weighted by molar-refractivity contribution is -0.121. The zero-order chi connectivity index (χ0) is 23.9. The SMILES string of the molecule is CCC(C)NC(=O)c1ccccc1NC(=O)C1CCCN(Cc2nc(-c3ccccc3)no2)C1. The van der Waals surface area contributed by atoms with E-state index in [9.17, 15) is 9.59 Å². The van der Waals surface area contributed by atoms with Crippen LogP contribution in [0.3, 0.4) is 0 Å². The highest BCUT2D eigenvalue weighted by Crippen LogP contribution is 2.23.